The van der Waals surface area contributed by atoms with Gasteiger partial charge in [0.1, 0.15) is 0 Å². The number of nitrogens with zero attached hydrogens (tertiary/aromatic N) is 3. The van der Waals surface area contributed by atoms with Crippen molar-refractivity contribution in [2.45, 2.75) is 6.54 Å². The Morgan fingerprint density at radius 3 is 2.87 bits per heavy atom. The Kier molecular flexibility index (Phi) is 3.60. The molecule has 0 atom stereocenters. The molecule has 2 aromatic heterocycles. The lowest BCUT2D eigenvalue weighted by atomic mass is 10.4. The fourth-order valence-corrected chi connectivity index (χ4v) is 3.48. The summed E-state index contributed by atoms with van der Waals surface area (Å²) in [4.78, 5) is 3.25. The van der Waals surface area contributed by atoms with Gasteiger partial charge in [-0.1, -0.05) is 11.6 Å². The van der Waals surface area contributed by atoms with Gasteiger partial charge in [0.05, 0.1) is 18.3 Å². The molecule has 0 aliphatic carbocycles. The number of aromatic nitrogens is 2. The van der Waals surface area contributed by atoms with Gasteiger partial charge in [0, 0.05) is 21.8 Å². The van der Waals surface area contributed by atoms with Gasteiger partial charge in [-0.05, 0) is 22.0 Å². The van der Waals surface area contributed by atoms with Crippen LogP contribution in [0.3, 0.4) is 0 Å². The van der Waals surface area contributed by atoms with Crippen molar-refractivity contribution in [3.63, 3.8) is 0 Å². The number of hydrogen-bond acceptors (Lipinski definition) is 5. The van der Waals surface area contributed by atoms with Crippen LogP contribution in [0.4, 0.5) is 5.82 Å². The third-order valence-corrected chi connectivity index (χ3v) is 4.36. The van der Waals surface area contributed by atoms with Crippen LogP contribution in [0.1, 0.15) is 4.88 Å². The van der Waals surface area contributed by atoms with Gasteiger partial charge in [-0.15, -0.1) is 11.3 Å². The molecule has 2 rings (SSSR count). The van der Waals surface area contributed by atoms with Gasteiger partial charge in [-0.2, -0.15) is 8.75 Å². The maximum Gasteiger partial charge on any atom is 0.187 e. The van der Waals surface area contributed by atoms with Crippen molar-refractivity contribution in [3.05, 3.63) is 25.9 Å². The van der Waals surface area contributed by atoms with Crippen LogP contribution < -0.4 is 4.90 Å². The lowest BCUT2D eigenvalue weighted by Crippen LogP contribution is -2.16. The van der Waals surface area contributed by atoms with Gasteiger partial charge in [-0.25, -0.2) is 0 Å². The van der Waals surface area contributed by atoms with Crippen molar-refractivity contribution in [1.82, 2.24) is 8.75 Å². The zero-order chi connectivity index (χ0) is 10.8. The number of hydrogen-bond donors (Lipinski definition) is 0. The summed E-state index contributed by atoms with van der Waals surface area (Å²) in [6, 6.07) is 2.09. The molecule has 0 fully saturated rings. The van der Waals surface area contributed by atoms with E-state index in [2.05, 4.69) is 36.1 Å². The van der Waals surface area contributed by atoms with E-state index in [-0.39, 0.29) is 0 Å². The molecule has 3 nitrogen and oxygen atoms in total. The Hall–Kier alpha value is -0.170. The molecule has 80 valence electrons. The Balaban J connectivity index is 2.10. The summed E-state index contributed by atoms with van der Waals surface area (Å²) < 4.78 is 9.18. The number of halogens is 2. The van der Waals surface area contributed by atoms with E-state index >= 15 is 0 Å². The highest BCUT2D eigenvalue weighted by Crippen LogP contribution is 2.26. The second-order valence-electron chi connectivity index (χ2n) is 2.97. The minimum Gasteiger partial charge on any atom is -0.351 e. The standard InChI is InChI=1S/C8H7BrClN3S2/c1-13(8-7(10)11-15-12-8)3-6-2-5(9)4-14-6/h2,4H,3H2,1H3. The average Bonchev–Trinajstić information content (AvgIpc) is 2.75. The molecule has 0 aliphatic heterocycles. The van der Waals surface area contributed by atoms with E-state index < -0.39 is 0 Å². The minimum atomic E-state index is 0.470. The van der Waals surface area contributed by atoms with Crippen LogP contribution in [0, 0.1) is 0 Å². The Labute approximate surface area is 109 Å². The predicted molar refractivity (Wildman–Crippen MR) is 69.0 cm³/mol. The van der Waals surface area contributed by atoms with Crippen LogP contribution in [0.25, 0.3) is 0 Å². The number of anilines is 1. The normalized spacial score (nSPS) is 10.6. The molecule has 0 saturated heterocycles. The Morgan fingerprint density at radius 1 is 1.53 bits per heavy atom. The zero-order valence-electron chi connectivity index (χ0n) is 7.78. The van der Waals surface area contributed by atoms with Crippen molar-refractivity contribution in [1.29, 1.82) is 0 Å². The first-order valence-electron chi connectivity index (χ1n) is 4.09. The van der Waals surface area contributed by atoms with Crippen molar-refractivity contribution < 1.29 is 0 Å². The molecule has 0 spiro atoms. The van der Waals surface area contributed by atoms with E-state index in [0.717, 1.165) is 28.6 Å². The summed E-state index contributed by atoms with van der Waals surface area (Å²) in [5.74, 6) is 0.742. The summed E-state index contributed by atoms with van der Waals surface area (Å²) in [6.07, 6.45) is 0. The topological polar surface area (TPSA) is 29.0 Å². The van der Waals surface area contributed by atoms with Gasteiger partial charge in [0.15, 0.2) is 11.0 Å². The molecule has 0 aromatic carbocycles. The lowest BCUT2D eigenvalue weighted by Gasteiger charge is -2.14. The van der Waals surface area contributed by atoms with Gasteiger partial charge in [0.25, 0.3) is 0 Å². The van der Waals surface area contributed by atoms with E-state index in [4.69, 9.17) is 11.6 Å². The Bertz CT molecular complexity index is 456. The Morgan fingerprint density at radius 2 is 2.33 bits per heavy atom. The van der Waals surface area contributed by atoms with Crippen molar-refractivity contribution in [3.8, 4) is 0 Å². The molecule has 0 saturated carbocycles. The van der Waals surface area contributed by atoms with Crippen LogP contribution in [0.2, 0.25) is 5.15 Å². The molecule has 15 heavy (non-hydrogen) atoms. The summed E-state index contributed by atoms with van der Waals surface area (Å²) in [5, 5.41) is 2.53. The van der Waals surface area contributed by atoms with E-state index in [1.165, 1.54) is 4.88 Å². The minimum absolute atomic E-state index is 0.470. The third kappa shape index (κ3) is 2.69. The van der Waals surface area contributed by atoms with E-state index in [1.807, 2.05) is 11.9 Å². The van der Waals surface area contributed by atoms with Gasteiger partial charge < -0.3 is 4.90 Å². The second-order valence-corrected chi connectivity index (χ2v) is 5.76. The molecule has 2 aromatic rings. The zero-order valence-corrected chi connectivity index (χ0v) is 11.8. The molecule has 0 amide bonds. The highest BCUT2D eigenvalue weighted by molar-refractivity contribution is 9.10. The molecule has 0 radical (unpaired) electrons. The van der Waals surface area contributed by atoms with Crippen molar-refractivity contribution in [2.24, 2.45) is 0 Å². The monoisotopic (exact) mass is 323 g/mol. The van der Waals surface area contributed by atoms with Crippen LogP contribution >= 0.6 is 50.6 Å². The van der Waals surface area contributed by atoms with Crippen LogP contribution in [-0.2, 0) is 6.54 Å². The molecule has 0 bridgehead atoms. The number of thiophene rings is 1. The van der Waals surface area contributed by atoms with Gasteiger partial charge in [-0.3, -0.25) is 0 Å². The van der Waals surface area contributed by atoms with Crippen molar-refractivity contribution >= 4 is 56.4 Å². The molecule has 2 heterocycles. The quantitative estimate of drug-likeness (QED) is 0.863. The first-order valence-corrected chi connectivity index (χ1v) is 6.87. The fraction of sp³-hybridized carbons (Fsp3) is 0.250. The van der Waals surface area contributed by atoms with E-state index in [9.17, 15) is 0 Å². The smallest absolute Gasteiger partial charge is 0.187 e. The molecule has 7 heteroatoms. The molecular formula is C8H7BrClN3S2. The predicted octanol–water partition coefficient (Wildman–Crippen LogP) is 3.65. The van der Waals surface area contributed by atoms with Crippen LogP contribution in [0.15, 0.2) is 15.9 Å². The van der Waals surface area contributed by atoms with Gasteiger partial charge in [0.2, 0.25) is 0 Å². The lowest BCUT2D eigenvalue weighted by molar-refractivity contribution is 0.923. The molecular weight excluding hydrogens is 318 g/mol. The van der Waals surface area contributed by atoms with Gasteiger partial charge >= 0.3 is 0 Å². The highest BCUT2D eigenvalue weighted by atomic mass is 79.9. The van der Waals surface area contributed by atoms with Crippen molar-refractivity contribution in [2.75, 3.05) is 11.9 Å². The SMILES string of the molecule is CN(Cc1cc(Br)cs1)c1nsnc1Cl. The summed E-state index contributed by atoms with van der Waals surface area (Å²) in [5.41, 5.74) is 0. The summed E-state index contributed by atoms with van der Waals surface area (Å²) >= 11 is 12.2. The first kappa shape index (κ1) is 11.3. The maximum atomic E-state index is 5.90. The van der Waals surface area contributed by atoms with E-state index in [0.29, 0.717) is 5.15 Å². The molecule has 0 aliphatic rings. The maximum absolute atomic E-state index is 5.90. The second kappa shape index (κ2) is 4.78. The molecule has 0 unspecified atom stereocenters. The van der Waals surface area contributed by atoms with Crippen LogP contribution in [-0.4, -0.2) is 15.8 Å². The average molecular weight is 325 g/mol. The van der Waals surface area contributed by atoms with E-state index in [1.54, 1.807) is 11.3 Å². The number of rotatable bonds is 3. The summed E-state index contributed by atoms with van der Waals surface area (Å²) in [6.45, 7) is 0.793. The first-order chi connectivity index (χ1) is 7.16. The largest absolute Gasteiger partial charge is 0.351 e. The summed E-state index contributed by atoms with van der Waals surface area (Å²) in [7, 11) is 1.95. The van der Waals surface area contributed by atoms with Crippen LogP contribution in [0.5, 0.6) is 0 Å². The molecule has 0 N–H and O–H groups in total. The fourth-order valence-electron chi connectivity index (χ4n) is 1.15. The third-order valence-electron chi connectivity index (χ3n) is 1.81. The highest BCUT2D eigenvalue weighted by Gasteiger charge is 2.11.